The number of aliphatic hydroxyl groups excluding tert-OH is 1. The quantitative estimate of drug-likeness (QED) is 0.703. The van der Waals surface area contributed by atoms with Crippen molar-refractivity contribution in [1.82, 2.24) is 15.2 Å². The topological polar surface area (TPSA) is 57.6 Å². The summed E-state index contributed by atoms with van der Waals surface area (Å²) in [5.74, 6) is 3.14. The number of benzene rings is 1. The van der Waals surface area contributed by atoms with Gasteiger partial charge in [-0.15, -0.1) is 0 Å². The number of nitrogens with one attached hydrogen (secondary N) is 1. The Bertz CT molecular complexity index is 651. The lowest BCUT2D eigenvalue weighted by molar-refractivity contribution is 0.0711. The van der Waals surface area contributed by atoms with Crippen molar-refractivity contribution in [3.8, 4) is 5.75 Å². The number of pyridine rings is 1. The molecule has 1 fully saturated rings. The predicted molar refractivity (Wildman–Crippen MR) is 106 cm³/mol. The van der Waals surface area contributed by atoms with Gasteiger partial charge in [0.05, 0.1) is 0 Å². The van der Waals surface area contributed by atoms with Crippen LogP contribution in [0, 0.1) is 0 Å². The summed E-state index contributed by atoms with van der Waals surface area (Å²) >= 11 is 1.98. The molecule has 3 rings (SSSR count). The van der Waals surface area contributed by atoms with Crippen LogP contribution in [-0.4, -0.2) is 58.8 Å². The van der Waals surface area contributed by atoms with E-state index in [0.29, 0.717) is 19.7 Å². The molecular weight excluding hydrogens is 346 g/mol. The van der Waals surface area contributed by atoms with Crippen molar-refractivity contribution < 1.29 is 9.84 Å². The summed E-state index contributed by atoms with van der Waals surface area (Å²) < 4.78 is 5.91. The van der Waals surface area contributed by atoms with Gasteiger partial charge in [-0.05, 0) is 17.7 Å². The Kier molecular flexibility index (Phi) is 7.76. The summed E-state index contributed by atoms with van der Waals surface area (Å²) in [4.78, 5) is 6.44. The van der Waals surface area contributed by atoms with Crippen LogP contribution in [0.4, 0.5) is 0 Å². The van der Waals surface area contributed by atoms with Crippen molar-refractivity contribution in [1.29, 1.82) is 0 Å². The predicted octanol–water partition coefficient (Wildman–Crippen LogP) is 2.16. The number of aliphatic hydroxyl groups is 1. The highest BCUT2D eigenvalue weighted by Crippen LogP contribution is 2.18. The van der Waals surface area contributed by atoms with Crippen molar-refractivity contribution in [3.05, 3.63) is 59.9 Å². The van der Waals surface area contributed by atoms with E-state index < -0.39 is 6.10 Å². The molecule has 1 saturated heterocycles. The lowest BCUT2D eigenvalue weighted by Crippen LogP contribution is -2.40. The van der Waals surface area contributed by atoms with Crippen LogP contribution in [0.2, 0.25) is 0 Å². The smallest absolute Gasteiger partial charge is 0.123 e. The molecule has 1 unspecified atom stereocenters. The number of rotatable bonds is 9. The fourth-order valence-electron chi connectivity index (χ4n) is 2.96. The Balaban J connectivity index is 1.45. The minimum absolute atomic E-state index is 0.323. The maximum Gasteiger partial charge on any atom is 0.123 e. The summed E-state index contributed by atoms with van der Waals surface area (Å²) in [5.41, 5.74) is 2.25. The normalized spacial score (nSPS) is 16.3. The van der Waals surface area contributed by atoms with Crippen molar-refractivity contribution in [2.45, 2.75) is 19.2 Å². The molecule has 140 valence electrons. The second kappa shape index (κ2) is 10.5. The van der Waals surface area contributed by atoms with E-state index >= 15 is 0 Å². The van der Waals surface area contributed by atoms with E-state index in [-0.39, 0.29) is 0 Å². The fraction of sp³-hybridized carbons (Fsp3) is 0.450. The SMILES string of the molecule is OC(COc1ccccc1CNCc1cccnc1)CN1CCSCC1. The van der Waals surface area contributed by atoms with Gasteiger partial charge in [-0.3, -0.25) is 9.88 Å². The first-order valence-corrected chi connectivity index (χ1v) is 10.3. The second-order valence-corrected chi connectivity index (χ2v) is 7.68. The maximum absolute atomic E-state index is 10.3. The monoisotopic (exact) mass is 373 g/mol. The summed E-state index contributed by atoms with van der Waals surface area (Å²) in [6, 6.07) is 12.0. The molecule has 2 aromatic rings. The van der Waals surface area contributed by atoms with Gasteiger partial charge in [0.15, 0.2) is 0 Å². The highest BCUT2D eigenvalue weighted by atomic mass is 32.2. The zero-order valence-electron chi connectivity index (χ0n) is 15.0. The van der Waals surface area contributed by atoms with Gasteiger partial charge in [0.25, 0.3) is 0 Å². The van der Waals surface area contributed by atoms with E-state index in [9.17, 15) is 5.11 Å². The Morgan fingerprint density at radius 3 is 2.81 bits per heavy atom. The molecule has 2 N–H and O–H groups in total. The third-order valence-electron chi connectivity index (χ3n) is 4.34. The molecule has 0 radical (unpaired) electrons. The first-order valence-electron chi connectivity index (χ1n) is 9.10. The van der Waals surface area contributed by atoms with Gasteiger partial charge in [-0.2, -0.15) is 11.8 Å². The number of aromatic nitrogens is 1. The van der Waals surface area contributed by atoms with Gasteiger partial charge in [-0.1, -0.05) is 24.3 Å². The van der Waals surface area contributed by atoms with Gasteiger partial charge in [-0.25, -0.2) is 0 Å². The molecule has 2 heterocycles. The van der Waals surface area contributed by atoms with Crippen LogP contribution in [0.3, 0.4) is 0 Å². The molecule has 1 aliphatic heterocycles. The van der Waals surface area contributed by atoms with E-state index in [1.54, 1.807) is 6.20 Å². The first kappa shape index (κ1) is 19.2. The number of thioether (sulfide) groups is 1. The van der Waals surface area contributed by atoms with E-state index in [0.717, 1.165) is 48.0 Å². The lowest BCUT2D eigenvalue weighted by Gasteiger charge is -2.28. The van der Waals surface area contributed by atoms with Crippen LogP contribution < -0.4 is 10.1 Å². The van der Waals surface area contributed by atoms with Crippen LogP contribution >= 0.6 is 11.8 Å². The number of hydrogen-bond donors (Lipinski definition) is 2. The van der Waals surface area contributed by atoms with Gasteiger partial charge < -0.3 is 15.2 Å². The zero-order chi connectivity index (χ0) is 18.0. The second-order valence-electron chi connectivity index (χ2n) is 6.45. The van der Waals surface area contributed by atoms with Gasteiger partial charge in [0.2, 0.25) is 0 Å². The first-order chi connectivity index (χ1) is 12.8. The summed E-state index contributed by atoms with van der Waals surface area (Å²) in [6.45, 7) is 4.58. The van der Waals surface area contributed by atoms with Gasteiger partial charge in [0.1, 0.15) is 18.5 Å². The largest absolute Gasteiger partial charge is 0.491 e. The number of nitrogens with zero attached hydrogens (tertiary/aromatic N) is 2. The average molecular weight is 374 g/mol. The third kappa shape index (κ3) is 6.29. The van der Waals surface area contributed by atoms with E-state index in [4.69, 9.17) is 4.74 Å². The van der Waals surface area contributed by atoms with Crippen molar-refractivity contribution >= 4 is 11.8 Å². The number of ether oxygens (including phenoxy) is 1. The number of hydrogen-bond acceptors (Lipinski definition) is 6. The standard InChI is InChI=1S/C20H27N3O2S/c24-19(15-23-8-10-26-11-9-23)16-25-20-6-2-1-5-18(20)14-22-13-17-4-3-7-21-12-17/h1-7,12,19,22,24H,8-11,13-16H2. The molecule has 0 amide bonds. The number of β-amino-alcohol motifs (C(OH)–C–C–N with tert-alkyl or cyclic N) is 1. The summed E-state index contributed by atoms with van der Waals surface area (Å²) in [6.07, 6.45) is 3.18. The Morgan fingerprint density at radius 2 is 2.00 bits per heavy atom. The lowest BCUT2D eigenvalue weighted by atomic mass is 10.2. The Morgan fingerprint density at radius 1 is 1.15 bits per heavy atom. The van der Waals surface area contributed by atoms with Crippen molar-refractivity contribution in [3.63, 3.8) is 0 Å². The molecule has 0 bridgehead atoms. The molecule has 26 heavy (non-hydrogen) atoms. The van der Waals surface area contributed by atoms with Crippen LogP contribution in [0.25, 0.3) is 0 Å². The van der Waals surface area contributed by atoms with Gasteiger partial charge in [0, 0.05) is 62.2 Å². The zero-order valence-corrected chi connectivity index (χ0v) is 15.8. The Labute approximate surface area is 159 Å². The molecule has 1 aromatic heterocycles. The van der Waals surface area contributed by atoms with Crippen LogP contribution in [0.15, 0.2) is 48.8 Å². The molecule has 1 atom stereocenters. The molecule has 0 aliphatic carbocycles. The van der Waals surface area contributed by atoms with Gasteiger partial charge >= 0.3 is 0 Å². The van der Waals surface area contributed by atoms with E-state index in [1.807, 2.05) is 42.2 Å². The maximum atomic E-state index is 10.3. The van der Waals surface area contributed by atoms with Crippen LogP contribution in [-0.2, 0) is 13.1 Å². The molecule has 6 heteroatoms. The molecule has 0 spiro atoms. The average Bonchev–Trinajstić information content (AvgIpc) is 2.69. The summed E-state index contributed by atoms with van der Waals surface area (Å²) in [7, 11) is 0. The minimum atomic E-state index is -0.463. The Hall–Kier alpha value is -1.60. The highest BCUT2D eigenvalue weighted by Gasteiger charge is 2.15. The summed E-state index contributed by atoms with van der Waals surface area (Å²) in [5, 5.41) is 13.7. The molecule has 1 aliphatic rings. The molecule has 0 saturated carbocycles. The van der Waals surface area contributed by atoms with Crippen molar-refractivity contribution in [2.75, 3.05) is 37.7 Å². The van der Waals surface area contributed by atoms with E-state index in [2.05, 4.69) is 27.3 Å². The third-order valence-corrected chi connectivity index (χ3v) is 5.29. The molecule has 1 aromatic carbocycles. The highest BCUT2D eigenvalue weighted by molar-refractivity contribution is 7.99. The van der Waals surface area contributed by atoms with Crippen LogP contribution in [0.5, 0.6) is 5.75 Å². The minimum Gasteiger partial charge on any atom is -0.491 e. The van der Waals surface area contributed by atoms with E-state index in [1.165, 1.54) is 0 Å². The molecular formula is C20H27N3O2S. The number of para-hydroxylation sites is 1. The van der Waals surface area contributed by atoms with Crippen molar-refractivity contribution in [2.24, 2.45) is 0 Å². The molecule has 5 nitrogen and oxygen atoms in total. The van der Waals surface area contributed by atoms with Crippen LogP contribution in [0.1, 0.15) is 11.1 Å². The fourth-order valence-corrected chi connectivity index (χ4v) is 3.93.